The summed E-state index contributed by atoms with van der Waals surface area (Å²) in [6.45, 7) is 5.21. The summed E-state index contributed by atoms with van der Waals surface area (Å²) < 4.78 is 16.4. The van der Waals surface area contributed by atoms with Crippen LogP contribution in [-0.4, -0.2) is 53.7 Å². The first-order valence-electron chi connectivity index (χ1n) is 10.4. The summed E-state index contributed by atoms with van der Waals surface area (Å²) in [6, 6.07) is 7.70. The lowest BCUT2D eigenvalue weighted by Gasteiger charge is -2.23. The third-order valence-corrected chi connectivity index (χ3v) is 5.66. The van der Waals surface area contributed by atoms with Crippen molar-refractivity contribution >= 4 is 22.8 Å². The maximum absolute atomic E-state index is 13.7. The van der Waals surface area contributed by atoms with Gasteiger partial charge in [-0.1, -0.05) is 12.1 Å². The van der Waals surface area contributed by atoms with E-state index in [1.54, 1.807) is 26.0 Å². The zero-order valence-corrected chi connectivity index (χ0v) is 18.4. The molecule has 0 aliphatic heterocycles. The molecule has 1 aromatic carbocycles. The Morgan fingerprint density at radius 3 is 2.81 bits per heavy atom. The highest BCUT2D eigenvalue weighted by Gasteiger charge is 2.39. The maximum atomic E-state index is 13.7. The summed E-state index contributed by atoms with van der Waals surface area (Å²) in [5, 5.41) is 4.10. The number of carbonyl (C=O) groups is 1. The first-order valence-corrected chi connectivity index (χ1v) is 10.4. The number of amides is 1. The van der Waals surface area contributed by atoms with E-state index in [9.17, 15) is 4.79 Å². The molecular formula is C23H28N4O4. The Labute approximate surface area is 181 Å². The van der Waals surface area contributed by atoms with Crippen LogP contribution in [0.1, 0.15) is 41.4 Å². The van der Waals surface area contributed by atoms with Crippen molar-refractivity contribution in [3.63, 3.8) is 0 Å². The van der Waals surface area contributed by atoms with E-state index >= 15 is 0 Å². The van der Waals surface area contributed by atoms with Gasteiger partial charge in [0.05, 0.1) is 24.7 Å². The number of benzene rings is 1. The number of nitrogens with one attached hydrogen (secondary N) is 1. The number of fused-ring (bicyclic) bond motifs is 1. The highest BCUT2D eigenvalue weighted by atomic mass is 16.5. The molecule has 0 atom stereocenters. The van der Waals surface area contributed by atoms with Gasteiger partial charge in [-0.15, -0.1) is 0 Å². The first kappa shape index (κ1) is 21.1. The molecule has 0 radical (unpaired) electrons. The molecule has 0 unspecified atom stereocenters. The van der Waals surface area contributed by atoms with Crippen LogP contribution in [0.15, 0.2) is 35.0 Å². The van der Waals surface area contributed by atoms with E-state index in [-0.39, 0.29) is 11.4 Å². The molecule has 8 nitrogen and oxygen atoms in total. The number of anilines is 1. The van der Waals surface area contributed by atoms with Crippen LogP contribution in [0.4, 0.5) is 5.82 Å². The number of rotatable bonds is 9. The average Bonchev–Trinajstić information content (AvgIpc) is 3.38. The van der Waals surface area contributed by atoms with E-state index in [4.69, 9.17) is 13.9 Å². The molecule has 0 bridgehead atoms. The SMILES string of the molecule is COCCN(Cc1cccc(OC)c1)C(=O)c1c(C)oc2ncnc(NC3(C)CC3)c12. The summed E-state index contributed by atoms with van der Waals surface area (Å²) in [5.74, 6) is 1.77. The number of aromatic nitrogens is 2. The average molecular weight is 425 g/mol. The molecule has 3 aromatic rings. The fraction of sp³-hybridized carbons (Fsp3) is 0.435. The predicted molar refractivity (Wildman–Crippen MR) is 117 cm³/mol. The monoisotopic (exact) mass is 424 g/mol. The van der Waals surface area contributed by atoms with Gasteiger partial charge in [0, 0.05) is 25.7 Å². The molecule has 1 amide bonds. The minimum atomic E-state index is -0.144. The van der Waals surface area contributed by atoms with Crippen molar-refractivity contribution in [2.24, 2.45) is 0 Å². The van der Waals surface area contributed by atoms with Crippen molar-refractivity contribution in [2.45, 2.75) is 38.8 Å². The highest BCUT2D eigenvalue weighted by Crippen LogP contribution is 2.40. The molecule has 164 valence electrons. The van der Waals surface area contributed by atoms with E-state index in [2.05, 4.69) is 22.2 Å². The van der Waals surface area contributed by atoms with Crippen molar-refractivity contribution in [2.75, 3.05) is 32.7 Å². The Bertz CT molecular complexity index is 1090. The number of furan rings is 1. The molecular weight excluding hydrogens is 396 g/mol. The van der Waals surface area contributed by atoms with Crippen LogP contribution < -0.4 is 10.1 Å². The van der Waals surface area contributed by atoms with Crippen molar-refractivity contribution in [1.82, 2.24) is 14.9 Å². The van der Waals surface area contributed by atoms with Crippen LogP contribution in [0.3, 0.4) is 0 Å². The summed E-state index contributed by atoms with van der Waals surface area (Å²) >= 11 is 0. The predicted octanol–water partition coefficient (Wildman–Crippen LogP) is 3.79. The van der Waals surface area contributed by atoms with Gasteiger partial charge in [0.2, 0.25) is 5.71 Å². The molecule has 1 fully saturated rings. The second kappa shape index (κ2) is 8.55. The number of hydrogen-bond donors (Lipinski definition) is 1. The van der Waals surface area contributed by atoms with Gasteiger partial charge in [-0.2, -0.15) is 0 Å². The molecule has 0 spiro atoms. The van der Waals surface area contributed by atoms with Gasteiger partial charge < -0.3 is 24.1 Å². The van der Waals surface area contributed by atoms with Crippen LogP contribution in [-0.2, 0) is 11.3 Å². The molecule has 1 aliphatic rings. The normalized spacial score (nSPS) is 14.5. The van der Waals surface area contributed by atoms with Gasteiger partial charge in [0.1, 0.15) is 23.7 Å². The Hall–Kier alpha value is -3.13. The van der Waals surface area contributed by atoms with Crippen molar-refractivity contribution in [1.29, 1.82) is 0 Å². The third-order valence-electron chi connectivity index (χ3n) is 5.66. The number of methoxy groups -OCH3 is 2. The minimum Gasteiger partial charge on any atom is -0.497 e. The zero-order chi connectivity index (χ0) is 22.0. The Kier molecular flexibility index (Phi) is 5.82. The standard InChI is InChI=1S/C23H28N4O4/c1-15-18(19-20(26-23(2)8-9-23)24-14-25-21(19)31-15)22(28)27(10-11-29-3)13-16-6-5-7-17(12-16)30-4/h5-7,12,14H,8-11,13H2,1-4H3,(H,24,25,26). The van der Waals surface area contributed by atoms with Crippen LogP contribution in [0, 0.1) is 6.92 Å². The molecule has 4 rings (SSSR count). The number of aryl methyl sites for hydroxylation is 1. The Morgan fingerprint density at radius 1 is 1.29 bits per heavy atom. The molecule has 1 saturated carbocycles. The third kappa shape index (κ3) is 4.49. The van der Waals surface area contributed by atoms with Crippen LogP contribution in [0.2, 0.25) is 0 Å². The molecule has 0 saturated heterocycles. The Balaban J connectivity index is 1.71. The molecule has 2 aromatic heterocycles. The largest absolute Gasteiger partial charge is 0.497 e. The smallest absolute Gasteiger partial charge is 0.258 e. The second-order valence-electron chi connectivity index (χ2n) is 8.19. The molecule has 8 heteroatoms. The number of ether oxygens (including phenoxy) is 2. The van der Waals surface area contributed by atoms with E-state index in [1.807, 2.05) is 24.3 Å². The van der Waals surface area contributed by atoms with Gasteiger partial charge in [-0.3, -0.25) is 4.79 Å². The quantitative estimate of drug-likeness (QED) is 0.559. The lowest BCUT2D eigenvalue weighted by atomic mass is 10.1. The summed E-state index contributed by atoms with van der Waals surface area (Å²) in [6.07, 6.45) is 3.59. The fourth-order valence-corrected chi connectivity index (χ4v) is 3.60. The van der Waals surface area contributed by atoms with E-state index < -0.39 is 0 Å². The summed E-state index contributed by atoms with van der Waals surface area (Å²) in [7, 11) is 3.25. The molecule has 1 N–H and O–H groups in total. The summed E-state index contributed by atoms with van der Waals surface area (Å²) in [4.78, 5) is 24.2. The van der Waals surface area contributed by atoms with Crippen LogP contribution >= 0.6 is 0 Å². The lowest BCUT2D eigenvalue weighted by molar-refractivity contribution is 0.0680. The summed E-state index contributed by atoms with van der Waals surface area (Å²) in [5.41, 5.74) is 1.87. The maximum Gasteiger partial charge on any atom is 0.258 e. The van der Waals surface area contributed by atoms with Crippen molar-refractivity contribution in [3.05, 3.63) is 47.5 Å². The van der Waals surface area contributed by atoms with Gasteiger partial charge >= 0.3 is 0 Å². The topological polar surface area (TPSA) is 89.7 Å². The highest BCUT2D eigenvalue weighted by molar-refractivity contribution is 6.10. The van der Waals surface area contributed by atoms with Gasteiger partial charge in [-0.25, -0.2) is 9.97 Å². The first-order chi connectivity index (χ1) is 14.9. The Morgan fingerprint density at radius 2 is 2.10 bits per heavy atom. The number of hydrogen-bond acceptors (Lipinski definition) is 7. The van der Waals surface area contributed by atoms with Gasteiger partial charge in [0.25, 0.3) is 5.91 Å². The molecule has 31 heavy (non-hydrogen) atoms. The zero-order valence-electron chi connectivity index (χ0n) is 18.4. The van der Waals surface area contributed by atoms with E-state index in [1.165, 1.54) is 6.33 Å². The van der Waals surface area contributed by atoms with Crippen LogP contribution in [0.5, 0.6) is 5.75 Å². The van der Waals surface area contributed by atoms with Crippen molar-refractivity contribution < 1.29 is 18.7 Å². The lowest BCUT2D eigenvalue weighted by Crippen LogP contribution is -2.34. The molecule has 1 aliphatic carbocycles. The van der Waals surface area contributed by atoms with Gasteiger partial charge in [0.15, 0.2) is 0 Å². The second-order valence-corrected chi connectivity index (χ2v) is 8.19. The fourth-order valence-electron chi connectivity index (χ4n) is 3.60. The van der Waals surface area contributed by atoms with E-state index in [0.717, 1.165) is 24.2 Å². The van der Waals surface area contributed by atoms with Crippen LogP contribution in [0.25, 0.3) is 11.1 Å². The number of carbonyl (C=O) groups excluding carboxylic acids is 1. The van der Waals surface area contributed by atoms with Gasteiger partial charge in [-0.05, 0) is 44.4 Å². The molecule has 2 heterocycles. The van der Waals surface area contributed by atoms with E-state index in [0.29, 0.717) is 47.9 Å². The number of nitrogens with zero attached hydrogens (tertiary/aromatic N) is 3. The minimum absolute atomic E-state index is 0.00308. The van der Waals surface area contributed by atoms with Crippen molar-refractivity contribution in [3.8, 4) is 5.75 Å².